The van der Waals surface area contributed by atoms with Crippen molar-refractivity contribution in [2.75, 3.05) is 0 Å². The van der Waals surface area contributed by atoms with Gasteiger partial charge in [-0.25, -0.2) is 4.79 Å². The predicted molar refractivity (Wildman–Crippen MR) is 47.3 cm³/mol. The van der Waals surface area contributed by atoms with E-state index in [0.29, 0.717) is 0 Å². The van der Waals surface area contributed by atoms with Gasteiger partial charge in [-0.15, -0.1) is 0 Å². The largest absolute Gasteiger partial charge is 0.481 e. The zero-order valence-corrected chi connectivity index (χ0v) is 6.88. The molecule has 0 aromatic heterocycles. The first-order valence-electron chi connectivity index (χ1n) is 3.57. The standard InChI is InChI=1S/C9H10O4/c10-8(11)6-4-2-1-3-5-7-9(12)13/h1-6H,7H2,(H,10,11)(H,12,13). The third-order valence-corrected chi connectivity index (χ3v) is 1.00. The second kappa shape index (κ2) is 6.84. The van der Waals surface area contributed by atoms with E-state index < -0.39 is 11.9 Å². The van der Waals surface area contributed by atoms with Crippen molar-refractivity contribution in [3.63, 3.8) is 0 Å². The van der Waals surface area contributed by atoms with Crippen LogP contribution in [-0.4, -0.2) is 22.2 Å². The lowest BCUT2D eigenvalue weighted by molar-refractivity contribution is -0.136. The SMILES string of the molecule is O=C(O)C=CC=CC=CCC(=O)O. The molecule has 0 rings (SSSR count). The molecule has 4 nitrogen and oxygen atoms in total. The molecule has 0 unspecified atom stereocenters. The number of aliphatic carboxylic acids is 2. The summed E-state index contributed by atoms with van der Waals surface area (Å²) in [4.78, 5) is 20.0. The van der Waals surface area contributed by atoms with Crippen molar-refractivity contribution in [3.8, 4) is 0 Å². The molecule has 0 atom stereocenters. The summed E-state index contributed by atoms with van der Waals surface area (Å²) in [6.07, 6.45) is 8.38. The fourth-order valence-corrected chi connectivity index (χ4v) is 0.514. The fourth-order valence-electron chi connectivity index (χ4n) is 0.514. The molecule has 0 saturated carbocycles. The van der Waals surface area contributed by atoms with E-state index in [1.54, 1.807) is 12.2 Å². The Labute approximate surface area is 75.5 Å². The highest BCUT2D eigenvalue weighted by molar-refractivity contribution is 5.80. The molecular weight excluding hydrogens is 172 g/mol. The second-order valence-electron chi connectivity index (χ2n) is 2.11. The summed E-state index contributed by atoms with van der Waals surface area (Å²) in [5.41, 5.74) is 0. The minimum Gasteiger partial charge on any atom is -0.481 e. The minimum atomic E-state index is -1.01. The van der Waals surface area contributed by atoms with Crippen LogP contribution in [0.1, 0.15) is 6.42 Å². The van der Waals surface area contributed by atoms with Gasteiger partial charge in [0.2, 0.25) is 0 Å². The van der Waals surface area contributed by atoms with Crippen LogP contribution in [0.25, 0.3) is 0 Å². The summed E-state index contributed by atoms with van der Waals surface area (Å²) >= 11 is 0. The normalized spacial score (nSPS) is 11.7. The van der Waals surface area contributed by atoms with Crippen molar-refractivity contribution in [3.05, 3.63) is 36.5 Å². The Morgan fingerprint density at radius 3 is 2.15 bits per heavy atom. The molecule has 0 aromatic carbocycles. The van der Waals surface area contributed by atoms with E-state index in [1.165, 1.54) is 18.2 Å². The first-order chi connectivity index (χ1) is 6.13. The van der Waals surface area contributed by atoms with E-state index in [2.05, 4.69) is 0 Å². The van der Waals surface area contributed by atoms with Crippen LogP contribution in [0.2, 0.25) is 0 Å². The van der Waals surface area contributed by atoms with Crippen LogP contribution in [0.15, 0.2) is 36.5 Å². The fraction of sp³-hybridized carbons (Fsp3) is 0.111. The highest BCUT2D eigenvalue weighted by Crippen LogP contribution is 1.85. The molecule has 0 aliphatic rings. The van der Waals surface area contributed by atoms with Gasteiger partial charge in [0.1, 0.15) is 0 Å². The lowest BCUT2D eigenvalue weighted by Crippen LogP contribution is -1.89. The van der Waals surface area contributed by atoms with Gasteiger partial charge < -0.3 is 10.2 Å². The monoisotopic (exact) mass is 182 g/mol. The van der Waals surface area contributed by atoms with Gasteiger partial charge in [0.05, 0.1) is 6.42 Å². The summed E-state index contributed by atoms with van der Waals surface area (Å²) in [5.74, 6) is -1.91. The van der Waals surface area contributed by atoms with Gasteiger partial charge in [-0.2, -0.15) is 0 Å². The quantitative estimate of drug-likeness (QED) is 0.495. The summed E-state index contributed by atoms with van der Waals surface area (Å²) < 4.78 is 0. The van der Waals surface area contributed by atoms with Crippen LogP contribution in [0.4, 0.5) is 0 Å². The molecule has 0 bridgehead atoms. The number of rotatable bonds is 5. The van der Waals surface area contributed by atoms with Crippen LogP contribution in [0.3, 0.4) is 0 Å². The first kappa shape index (κ1) is 11.2. The van der Waals surface area contributed by atoms with Crippen molar-refractivity contribution in [1.82, 2.24) is 0 Å². The number of carboxylic acid groups (broad SMARTS) is 2. The minimum absolute atomic E-state index is 0.0347. The summed E-state index contributed by atoms with van der Waals surface area (Å²) in [6, 6.07) is 0. The van der Waals surface area contributed by atoms with Gasteiger partial charge in [0.15, 0.2) is 0 Å². The summed E-state index contributed by atoms with van der Waals surface area (Å²) in [7, 11) is 0. The predicted octanol–water partition coefficient (Wildman–Crippen LogP) is 1.21. The van der Waals surface area contributed by atoms with Crippen molar-refractivity contribution < 1.29 is 19.8 Å². The Balaban J connectivity index is 3.69. The van der Waals surface area contributed by atoms with Crippen molar-refractivity contribution in [1.29, 1.82) is 0 Å². The maximum Gasteiger partial charge on any atom is 0.328 e. The molecule has 0 aliphatic carbocycles. The van der Waals surface area contributed by atoms with Crippen LogP contribution >= 0.6 is 0 Å². The first-order valence-corrected chi connectivity index (χ1v) is 3.57. The van der Waals surface area contributed by atoms with E-state index in [4.69, 9.17) is 10.2 Å². The summed E-state index contributed by atoms with van der Waals surface area (Å²) in [5, 5.41) is 16.4. The van der Waals surface area contributed by atoms with E-state index in [0.717, 1.165) is 6.08 Å². The van der Waals surface area contributed by atoms with E-state index >= 15 is 0 Å². The van der Waals surface area contributed by atoms with Gasteiger partial charge in [-0.1, -0.05) is 30.4 Å². The lowest BCUT2D eigenvalue weighted by Gasteiger charge is -1.79. The zero-order valence-electron chi connectivity index (χ0n) is 6.88. The van der Waals surface area contributed by atoms with Crippen LogP contribution in [0, 0.1) is 0 Å². The smallest absolute Gasteiger partial charge is 0.328 e. The van der Waals surface area contributed by atoms with Crippen molar-refractivity contribution in [2.24, 2.45) is 0 Å². The van der Waals surface area contributed by atoms with Crippen LogP contribution in [0.5, 0.6) is 0 Å². The highest BCUT2D eigenvalue weighted by Gasteiger charge is 1.86. The zero-order chi connectivity index (χ0) is 10.1. The third kappa shape index (κ3) is 10.2. The molecule has 0 fully saturated rings. The molecule has 0 spiro atoms. The van der Waals surface area contributed by atoms with E-state index in [-0.39, 0.29) is 6.42 Å². The summed E-state index contributed by atoms with van der Waals surface area (Å²) in [6.45, 7) is 0. The molecule has 0 saturated heterocycles. The Bertz CT molecular complexity index is 261. The average molecular weight is 182 g/mol. The van der Waals surface area contributed by atoms with E-state index in [1.807, 2.05) is 0 Å². The van der Waals surface area contributed by atoms with Crippen molar-refractivity contribution >= 4 is 11.9 Å². The number of hydrogen-bond donors (Lipinski definition) is 2. The van der Waals surface area contributed by atoms with Gasteiger partial charge in [-0.05, 0) is 0 Å². The van der Waals surface area contributed by atoms with E-state index in [9.17, 15) is 9.59 Å². The molecule has 0 amide bonds. The Kier molecular flexibility index (Phi) is 5.88. The number of hydrogen-bond acceptors (Lipinski definition) is 2. The molecule has 0 aliphatic heterocycles. The maximum atomic E-state index is 10.0. The molecule has 13 heavy (non-hydrogen) atoms. The third-order valence-electron chi connectivity index (χ3n) is 1.00. The van der Waals surface area contributed by atoms with Crippen LogP contribution in [-0.2, 0) is 9.59 Å². The topological polar surface area (TPSA) is 74.6 Å². The Morgan fingerprint density at radius 2 is 1.62 bits per heavy atom. The molecule has 0 aromatic rings. The molecule has 4 heteroatoms. The van der Waals surface area contributed by atoms with Gasteiger partial charge in [0.25, 0.3) is 0 Å². The number of carboxylic acids is 2. The average Bonchev–Trinajstić information content (AvgIpc) is 2.01. The molecule has 0 radical (unpaired) electrons. The molecule has 2 N–H and O–H groups in total. The highest BCUT2D eigenvalue weighted by atomic mass is 16.4. The lowest BCUT2D eigenvalue weighted by atomic mass is 10.3. The van der Waals surface area contributed by atoms with Gasteiger partial charge in [0, 0.05) is 6.08 Å². The Hall–Kier alpha value is -1.84. The number of carbonyl (C=O) groups is 2. The number of allylic oxidation sites excluding steroid dienone is 4. The maximum absolute atomic E-state index is 10.0. The van der Waals surface area contributed by atoms with Crippen LogP contribution < -0.4 is 0 Å². The Morgan fingerprint density at radius 1 is 1.00 bits per heavy atom. The molecule has 70 valence electrons. The molecule has 0 heterocycles. The van der Waals surface area contributed by atoms with Crippen molar-refractivity contribution in [2.45, 2.75) is 6.42 Å². The van der Waals surface area contributed by atoms with Gasteiger partial charge in [-0.3, -0.25) is 4.79 Å². The van der Waals surface area contributed by atoms with Gasteiger partial charge >= 0.3 is 11.9 Å². The second-order valence-corrected chi connectivity index (χ2v) is 2.11. The molecular formula is C9H10O4.